The van der Waals surface area contributed by atoms with Gasteiger partial charge in [0.1, 0.15) is 0 Å². The fraction of sp³-hybridized carbons (Fsp3) is 0. The minimum atomic E-state index is -0.271. The summed E-state index contributed by atoms with van der Waals surface area (Å²) in [6.45, 7) is 0. The molecule has 0 atom stereocenters. The molecule has 0 saturated heterocycles. The van der Waals surface area contributed by atoms with Crippen LogP contribution in [0.1, 0.15) is 5.69 Å². The van der Waals surface area contributed by atoms with Crippen molar-refractivity contribution in [1.82, 2.24) is 4.98 Å². The largest absolute Gasteiger partial charge is 0.479 e. The molecule has 0 bridgehead atoms. The van der Waals surface area contributed by atoms with Crippen molar-refractivity contribution in [2.24, 2.45) is 4.99 Å². The van der Waals surface area contributed by atoms with Crippen LogP contribution >= 0.6 is 0 Å². The number of rotatable bonds is 3. The summed E-state index contributed by atoms with van der Waals surface area (Å²) in [7, 11) is 0. The predicted molar refractivity (Wildman–Crippen MR) is 81.7 cm³/mol. The lowest BCUT2D eigenvalue weighted by Gasteiger charge is -1.96. The highest BCUT2D eigenvalue weighted by atomic mass is 16.5. The Hall–Kier alpha value is -3.08. The molecule has 3 aromatic rings. The number of hydrogen-bond donors (Lipinski definition) is 2. The molecule has 1 heterocycles. The van der Waals surface area contributed by atoms with Crippen LogP contribution in [0.15, 0.2) is 64.0 Å². The number of aliphatic imine (C=N–C) groups is 1. The number of nitrogen functional groups attached to an aromatic ring is 1. The molecule has 0 spiro atoms. The number of para-hydroxylation sites is 2. The van der Waals surface area contributed by atoms with Gasteiger partial charge >= 0.3 is 5.95 Å². The van der Waals surface area contributed by atoms with Gasteiger partial charge in [-0.15, -0.1) is 0 Å². The Morgan fingerprint density at radius 1 is 1.05 bits per heavy atom. The number of aromatic nitrogens is 1. The third-order valence-corrected chi connectivity index (χ3v) is 2.92. The molecule has 3 rings (SSSR count). The van der Waals surface area contributed by atoms with Gasteiger partial charge in [0.2, 0.25) is 5.89 Å². The summed E-state index contributed by atoms with van der Waals surface area (Å²) in [6.07, 6.45) is 1.43. The first-order chi connectivity index (χ1) is 10.2. The molecule has 0 fully saturated rings. The van der Waals surface area contributed by atoms with Crippen molar-refractivity contribution in [3.05, 3.63) is 60.3 Å². The molecule has 0 saturated carbocycles. The van der Waals surface area contributed by atoms with Crippen LogP contribution in [0.4, 0.5) is 11.4 Å². The van der Waals surface area contributed by atoms with E-state index in [-0.39, 0.29) is 11.6 Å². The molecular weight excluding hydrogens is 266 g/mol. The van der Waals surface area contributed by atoms with Crippen molar-refractivity contribution in [2.75, 3.05) is 5.73 Å². The lowest BCUT2D eigenvalue weighted by Crippen LogP contribution is -1.86. The number of nitrogens with two attached hydrogens (primary N) is 1. The highest BCUT2D eigenvalue weighted by Gasteiger charge is 2.11. The average molecular weight is 279 g/mol. The number of aromatic hydroxyl groups is 1. The second-order valence-corrected chi connectivity index (χ2v) is 4.39. The van der Waals surface area contributed by atoms with E-state index in [1.807, 2.05) is 42.5 Å². The second-order valence-electron chi connectivity index (χ2n) is 4.39. The van der Waals surface area contributed by atoms with Gasteiger partial charge in [0, 0.05) is 5.56 Å². The first-order valence-corrected chi connectivity index (χ1v) is 6.38. The van der Waals surface area contributed by atoms with Crippen LogP contribution in [0.25, 0.3) is 11.5 Å². The Bertz CT molecular complexity index is 779. The van der Waals surface area contributed by atoms with Crippen LogP contribution in [-0.4, -0.2) is 16.3 Å². The number of hydrogen-bond acceptors (Lipinski definition) is 5. The molecule has 21 heavy (non-hydrogen) atoms. The van der Waals surface area contributed by atoms with E-state index in [1.54, 1.807) is 12.1 Å². The summed E-state index contributed by atoms with van der Waals surface area (Å²) < 4.78 is 5.24. The molecular formula is C16H13N3O2. The summed E-state index contributed by atoms with van der Waals surface area (Å²) in [5.41, 5.74) is 8.01. The molecule has 3 N–H and O–H groups in total. The first kappa shape index (κ1) is 12.9. The van der Waals surface area contributed by atoms with Gasteiger partial charge < -0.3 is 15.3 Å². The molecule has 0 radical (unpaired) electrons. The monoisotopic (exact) mass is 279 g/mol. The van der Waals surface area contributed by atoms with E-state index in [2.05, 4.69) is 9.98 Å². The number of benzene rings is 2. The van der Waals surface area contributed by atoms with Crippen LogP contribution in [-0.2, 0) is 0 Å². The van der Waals surface area contributed by atoms with Crippen LogP contribution < -0.4 is 5.73 Å². The number of anilines is 1. The van der Waals surface area contributed by atoms with Gasteiger partial charge in [-0.3, -0.25) is 4.99 Å². The van der Waals surface area contributed by atoms with Gasteiger partial charge in [0.05, 0.1) is 17.6 Å². The fourth-order valence-electron chi connectivity index (χ4n) is 1.85. The minimum Gasteiger partial charge on any atom is -0.479 e. The Balaban J connectivity index is 1.91. The smallest absolute Gasteiger partial charge is 0.312 e. The van der Waals surface area contributed by atoms with E-state index < -0.39 is 0 Å². The van der Waals surface area contributed by atoms with Gasteiger partial charge in [-0.25, -0.2) is 4.98 Å². The summed E-state index contributed by atoms with van der Waals surface area (Å²) >= 11 is 0. The molecule has 2 aromatic carbocycles. The molecule has 0 aliphatic carbocycles. The summed E-state index contributed by atoms with van der Waals surface area (Å²) in [5.74, 6) is 0.0719. The van der Waals surface area contributed by atoms with Gasteiger partial charge in [-0.2, -0.15) is 0 Å². The van der Waals surface area contributed by atoms with Crippen molar-refractivity contribution in [2.45, 2.75) is 0 Å². The second kappa shape index (κ2) is 5.50. The zero-order valence-electron chi connectivity index (χ0n) is 11.1. The number of oxazole rings is 1. The molecule has 5 heteroatoms. The van der Waals surface area contributed by atoms with E-state index in [0.717, 1.165) is 5.56 Å². The molecule has 0 amide bonds. The SMILES string of the molecule is Nc1ccccc1N=Cc1nc(-c2ccccc2)oc1O. The molecule has 1 aromatic heterocycles. The first-order valence-electron chi connectivity index (χ1n) is 6.38. The zero-order valence-corrected chi connectivity index (χ0v) is 11.1. The Kier molecular flexibility index (Phi) is 3.39. The topological polar surface area (TPSA) is 84.6 Å². The van der Waals surface area contributed by atoms with E-state index in [9.17, 15) is 5.11 Å². The fourth-order valence-corrected chi connectivity index (χ4v) is 1.85. The average Bonchev–Trinajstić information content (AvgIpc) is 2.89. The maximum absolute atomic E-state index is 9.79. The summed E-state index contributed by atoms with van der Waals surface area (Å²) in [5, 5.41) is 9.79. The normalized spacial score (nSPS) is 11.0. The van der Waals surface area contributed by atoms with Gasteiger partial charge in [-0.1, -0.05) is 30.3 Å². The molecule has 0 aliphatic rings. The molecule has 0 unspecified atom stereocenters. The summed E-state index contributed by atoms with van der Waals surface area (Å²) in [6, 6.07) is 16.5. The van der Waals surface area contributed by atoms with Crippen molar-refractivity contribution in [1.29, 1.82) is 0 Å². The third kappa shape index (κ3) is 2.76. The Labute approximate surface area is 121 Å². The van der Waals surface area contributed by atoms with Crippen LogP contribution in [0.2, 0.25) is 0 Å². The predicted octanol–water partition coefficient (Wildman–Crippen LogP) is 3.38. The maximum atomic E-state index is 9.79. The van der Waals surface area contributed by atoms with E-state index in [4.69, 9.17) is 10.2 Å². The van der Waals surface area contributed by atoms with E-state index >= 15 is 0 Å². The van der Waals surface area contributed by atoms with Gasteiger partial charge in [0.15, 0.2) is 5.69 Å². The number of nitrogens with zero attached hydrogens (tertiary/aromatic N) is 2. The van der Waals surface area contributed by atoms with Gasteiger partial charge in [0.25, 0.3) is 0 Å². The quantitative estimate of drug-likeness (QED) is 0.568. The van der Waals surface area contributed by atoms with Crippen molar-refractivity contribution < 1.29 is 9.52 Å². The maximum Gasteiger partial charge on any atom is 0.312 e. The van der Waals surface area contributed by atoms with Crippen molar-refractivity contribution in [3.8, 4) is 17.4 Å². The zero-order chi connectivity index (χ0) is 14.7. The van der Waals surface area contributed by atoms with Gasteiger partial charge in [-0.05, 0) is 24.3 Å². The Morgan fingerprint density at radius 3 is 2.52 bits per heavy atom. The summed E-state index contributed by atoms with van der Waals surface area (Å²) in [4.78, 5) is 8.43. The van der Waals surface area contributed by atoms with Crippen molar-refractivity contribution >= 4 is 17.6 Å². The minimum absolute atomic E-state index is 0.261. The highest BCUT2D eigenvalue weighted by molar-refractivity contribution is 5.84. The van der Waals surface area contributed by atoms with Crippen LogP contribution in [0, 0.1) is 0 Å². The molecule has 104 valence electrons. The highest BCUT2D eigenvalue weighted by Crippen LogP contribution is 2.26. The third-order valence-electron chi connectivity index (χ3n) is 2.92. The standard InChI is InChI=1S/C16H13N3O2/c17-12-8-4-5-9-13(12)18-10-14-16(20)21-15(19-14)11-6-2-1-3-7-11/h1-10,20H,17H2. The van der Waals surface area contributed by atoms with Crippen LogP contribution in [0.3, 0.4) is 0 Å². The van der Waals surface area contributed by atoms with Crippen LogP contribution in [0.5, 0.6) is 5.95 Å². The lowest BCUT2D eigenvalue weighted by molar-refractivity contribution is 0.337. The molecule has 5 nitrogen and oxygen atoms in total. The molecule has 0 aliphatic heterocycles. The van der Waals surface area contributed by atoms with E-state index in [1.165, 1.54) is 6.21 Å². The van der Waals surface area contributed by atoms with Crippen molar-refractivity contribution in [3.63, 3.8) is 0 Å². The Morgan fingerprint density at radius 2 is 1.76 bits per heavy atom. The van der Waals surface area contributed by atoms with E-state index in [0.29, 0.717) is 17.3 Å². The lowest BCUT2D eigenvalue weighted by atomic mass is 10.2.